The lowest BCUT2D eigenvalue weighted by atomic mass is 10.0. The molecule has 1 fully saturated rings. The molecule has 1 aliphatic rings. The van der Waals surface area contributed by atoms with Crippen molar-refractivity contribution in [3.05, 3.63) is 30.1 Å². The number of aryl methyl sites for hydroxylation is 2. The minimum atomic E-state index is 0.842. The molecule has 2 heterocycles. The van der Waals surface area contributed by atoms with Crippen molar-refractivity contribution in [2.45, 2.75) is 19.3 Å². The zero-order chi connectivity index (χ0) is 11.7. The number of nitrogens with one attached hydrogen (secondary N) is 1. The summed E-state index contributed by atoms with van der Waals surface area (Å²) < 4.78 is 2.23. The third-order valence-corrected chi connectivity index (χ3v) is 3.82. The maximum absolute atomic E-state index is 4.72. The summed E-state index contributed by atoms with van der Waals surface area (Å²) in [5, 5.41) is 3.42. The standard InChI is InChI=1S/C14H19N3/c1-17-13-5-3-2-4-12(13)16-14(17)7-6-11-8-9-15-10-11/h2-5,11,15H,6-10H2,1H3. The Hall–Kier alpha value is -1.35. The van der Waals surface area contributed by atoms with E-state index in [9.17, 15) is 0 Å². The molecule has 0 spiro atoms. The van der Waals surface area contributed by atoms with E-state index in [1.807, 2.05) is 0 Å². The maximum atomic E-state index is 4.72. The van der Waals surface area contributed by atoms with Crippen molar-refractivity contribution in [2.75, 3.05) is 13.1 Å². The smallest absolute Gasteiger partial charge is 0.109 e. The highest BCUT2D eigenvalue weighted by atomic mass is 15.1. The molecule has 3 nitrogen and oxygen atoms in total. The van der Waals surface area contributed by atoms with Gasteiger partial charge in [0.15, 0.2) is 0 Å². The lowest BCUT2D eigenvalue weighted by Gasteiger charge is -2.07. The van der Waals surface area contributed by atoms with Gasteiger partial charge in [-0.05, 0) is 44.0 Å². The van der Waals surface area contributed by atoms with E-state index >= 15 is 0 Å². The Morgan fingerprint density at radius 3 is 3.06 bits per heavy atom. The van der Waals surface area contributed by atoms with Crippen molar-refractivity contribution in [2.24, 2.45) is 13.0 Å². The van der Waals surface area contributed by atoms with E-state index in [4.69, 9.17) is 4.98 Å². The van der Waals surface area contributed by atoms with Crippen molar-refractivity contribution >= 4 is 11.0 Å². The minimum absolute atomic E-state index is 0.842. The lowest BCUT2D eigenvalue weighted by Crippen LogP contribution is -2.10. The average molecular weight is 229 g/mol. The van der Waals surface area contributed by atoms with Crippen LogP contribution in [0.15, 0.2) is 24.3 Å². The Bertz CT molecular complexity index is 509. The molecule has 1 saturated heterocycles. The van der Waals surface area contributed by atoms with E-state index in [1.54, 1.807) is 0 Å². The predicted molar refractivity (Wildman–Crippen MR) is 70.0 cm³/mol. The maximum Gasteiger partial charge on any atom is 0.109 e. The Morgan fingerprint density at radius 1 is 1.41 bits per heavy atom. The predicted octanol–water partition coefficient (Wildman–Crippen LogP) is 2.12. The third kappa shape index (κ3) is 2.07. The summed E-state index contributed by atoms with van der Waals surface area (Å²) in [6.45, 7) is 2.37. The molecular formula is C14H19N3. The second kappa shape index (κ2) is 4.49. The van der Waals surface area contributed by atoms with Gasteiger partial charge in [-0.3, -0.25) is 0 Å². The number of rotatable bonds is 3. The van der Waals surface area contributed by atoms with Crippen LogP contribution in [0.2, 0.25) is 0 Å². The zero-order valence-electron chi connectivity index (χ0n) is 10.3. The molecule has 0 amide bonds. The highest BCUT2D eigenvalue weighted by molar-refractivity contribution is 5.75. The quantitative estimate of drug-likeness (QED) is 0.873. The van der Waals surface area contributed by atoms with Crippen LogP contribution in [0.1, 0.15) is 18.7 Å². The highest BCUT2D eigenvalue weighted by Gasteiger charge is 2.15. The first-order chi connectivity index (χ1) is 8.34. The molecule has 1 unspecified atom stereocenters. The lowest BCUT2D eigenvalue weighted by molar-refractivity contribution is 0.520. The van der Waals surface area contributed by atoms with E-state index in [-0.39, 0.29) is 0 Å². The Balaban J connectivity index is 1.78. The van der Waals surface area contributed by atoms with Crippen LogP contribution in [0.25, 0.3) is 11.0 Å². The van der Waals surface area contributed by atoms with Gasteiger partial charge >= 0.3 is 0 Å². The summed E-state index contributed by atoms with van der Waals surface area (Å²) in [6, 6.07) is 8.37. The van der Waals surface area contributed by atoms with Crippen LogP contribution in [0.4, 0.5) is 0 Å². The highest BCUT2D eigenvalue weighted by Crippen LogP contribution is 2.19. The molecule has 0 aliphatic carbocycles. The van der Waals surface area contributed by atoms with E-state index < -0.39 is 0 Å². The molecular weight excluding hydrogens is 210 g/mol. The van der Waals surface area contributed by atoms with Crippen molar-refractivity contribution in [1.82, 2.24) is 14.9 Å². The first kappa shape index (κ1) is 10.8. The topological polar surface area (TPSA) is 29.9 Å². The Labute approximate surface area is 102 Å². The SMILES string of the molecule is Cn1c(CCC2CCNC2)nc2ccccc21. The number of para-hydroxylation sites is 2. The van der Waals surface area contributed by atoms with Gasteiger partial charge < -0.3 is 9.88 Å². The van der Waals surface area contributed by atoms with Crippen LogP contribution in [-0.2, 0) is 13.5 Å². The van der Waals surface area contributed by atoms with Gasteiger partial charge in [0.2, 0.25) is 0 Å². The van der Waals surface area contributed by atoms with Crippen LogP contribution in [0.5, 0.6) is 0 Å². The average Bonchev–Trinajstić information content (AvgIpc) is 2.96. The fourth-order valence-electron chi connectivity index (χ4n) is 2.71. The minimum Gasteiger partial charge on any atom is -0.331 e. The summed E-state index contributed by atoms with van der Waals surface area (Å²) in [6.07, 6.45) is 3.67. The molecule has 1 aromatic carbocycles. The van der Waals surface area contributed by atoms with Gasteiger partial charge in [-0.1, -0.05) is 12.1 Å². The molecule has 90 valence electrons. The van der Waals surface area contributed by atoms with Crippen LogP contribution in [-0.4, -0.2) is 22.6 Å². The van der Waals surface area contributed by atoms with Crippen LogP contribution in [0.3, 0.4) is 0 Å². The van der Waals surface area contributed by atoms with Gasteiger partial charge in [0.1, 0.15) is 5.82 Å². The monoisotopic (exact) mass is 229 g/mol. The molecule has 1 N–H and O–H groups in total. The molecule has 0 radical (unpaired) electrons. The van der Waals surface area contributed by atoms with E-state index in [0.717, 1.165) is 17.9 Å². The first-order valence-corrected chi connectivity index (χ1v) is 6.45. The number of aromatic nitrogens is 2. The summed E-state index contributed by atoms with van der Waals surface area (Å²) in [4.78, 5) is 4.72. The molecule has 1 aromatic heterocycles. The van der Waals surface area contributed by atoms with Crippen molar-refractivity contribution in [1.29, 1.82) is 0 Å². The van der Waals surface area contributed by atoms with E-state index in [0.29, 0.717) is 0 Å². The second-order valence-electron chi connectivity index (χ2n) is 4.97. The summed E-state index contributed by atoms with van der Waals surface area (Å²) in [5.74, 6) is 2.06. The first-order valence-electron chi connectivity index (χ1n) is 6.45. The zero-order valence-corrected chi connectivity index (χ0v) is 10.3. The summed E-state index contributed by atoms with van der Waals surface area (Å²) in [7, 11) is 2.12. The van der Waals surface area contributed by atoms with Crippen molar-refractivity contribution in [3.8, 4) is 0 Å². The molecule has 17 heavy (non-hydrogen) atoms. The number of hydrogen-bond acceptors (Lipinski definition) is 2. The number of nitrogens with zero attached hydrogens (tertiary/aromatic N) is 2. The van der Waals surface area contributed by atoms with Gasteiger partial charge in [-0.15, -0.1) is 0 Å². The van der Waals surface area contributed by atoms with Crippen LogP contribution >= 0.6 is 0 Å². The van der Waals surface area contributed by atoms with Crippen LogP contribution in [0, 0.1) is 5.92 Å². The van der Waals surface area contributed by atoms with E-state index in [2.05, 4.69) is 41.2 Å². The van der Waals surface area contributed by atoms with Gasteiger partial charge in [0.25, 0.3) is 0 Å². The number of fused-ring (bicyclic) bond motifs is 1. The summed E-state index contributed by atoms with van der Waals surface area (Å²) >= 11 is 0. The number of imidazole rings is 1. The number of hydrogen-bond donors (Lipinski definition) is 1. The van der Waals surface area contributed by atoms with Crippen LogP contribution < -0.4 is 5.32 Å². The molecule has 3 heteroatoms. The Kier molecular flexibility index (Phi) is 2.85. The van der Waals surface area contributed by atoms with Gasteiger partial charge in [0.05, 0.1) is 11.0 Å². The summed E-state index contributed by atoms with van der Waals surface area (Å²) in [5.41, 5.74) is 2.36. The van der Waals surface area contributed by atoms with Crippen molar-refractivity contribution < 1.29 is 0 Å². The van der Waals surface area contributed by atoms with E-state index in [1.165, 1.54) is 37.3 Å². The normalized spacial score (nSPS) is 20.2. The van der Waals surface area contributed by atoms with Gasteiger partial charge in [-0.2, -0.15) is 0 Å². The van der Waals surface area contributed by atoms with Crippen molar-refractivity contribution in [3.63, 3.8) is 0 Å². The second-order valence-corrected chi connectivity index (χ2v) is 4.97. The Morgan fingerprint density at radius 2 is 2.29 bits per heavy atom. The molecule has 2 aromatic rings. The fraction of sp³-hybridized carbons (Fsp3) is 0.500. The largest absolute Gasteiger partial charge is 0.331 e. The molecule has 1 atom stereocenters. The molecule has 1 aliphatic heterocycles. The van der Waals surface area contributed by atoms with Gasteiger partial charge in [-0.25, -0.2) is 4.98 Å². The molecule has 0 bridgehead atoms. The molecule has 0 saturated carbocycles. The third-order valence-electron chi connectivity index (χ3n) is 3.82. The fourth-order valence-corrected chi connectivity index (χ4v) is 2.71. The number of benzene rings is 1. The van der Waals surface area contributed by atoms with Gasteiger partial charge in [0, 0.05) is 13.5 Å². The molecule has 3 rings (SSSR count).